The highest BCUT2D eigenvalue weighted by Gasteiger charge is 2.27. The van der Waals surface area contributed by atoms with E-state index in [9.17, 15) is 13.2 Å². The molecule has 2 N–H and O–H groups in total. The Morgan fingerprint density at radius 3 is 2.70 bits per heavy atom. The number of hydrogen-bond acceptors (Lipinski definition) is 2. The van der Waals surface area contributed by atoms with Crippen LogP contribution in [0.4, 0.5) is 13.2 Å². The van der Waals surface area contributed by atoms with Gasteiger partial charge in [0.25, 0.3) is 0 Å². The fourth-order valence-corrected chi connectivity index (χ4v) is 2.79. The SMILES string of the molecule is CC(N)Cc1cccc2c1ccn2CCSC(F)(F)F. The molecule has 1 aromatic heterocycles. The molecule has 0 aliphatic carbocycles. The number of benzene rings is 1. The Morgan fingerprint density at radius 1 is 1.30 bits per heavy atom. The third kappa shape index (κ3) is 3.93. The highest BCUT2D eigenvalue weighted by molar-refractivity contribution is 8.00. The van der Waals surface area contributed by atoms with Gasteiger partial charge in [-0.3, -0.25) is 0 Å². The van der Waals surface area contributed by atoms with Crippen LogP contribution in [0.3, 0.4) is 0 Å². The maximum atomic E-state index is 12.1. The molecule has 110 valence electrons. The van der Waals surface area contributed by atoms with Crippen LogP contribution in [0.5, 0.6) is 0 Å². The van der Waals surface area contributed by atoms with Crippen LogP contribution >= 0.6 is 11.8 Å². The minimum atomic E-state index is -4.16. The molecule has 1 unspecified atom stereocenters. The zero-order chi connectivity index (χ0) is 14.8. The van der Waals surface area contributed by atoms with Gasteiger partial charge in [0.1, 0.15) is 0 Å². The third-order valence-corrected chi connectivity index (χ3v) is 3.76. The number of aryl methyl sites for hydroxylation is 1. The average Bonchev–Trinajstić information content (AvgIpc) is 2.71. The van der Waals surface area contributed by atoms with Crippen molar-refractivity contribution in [1.82, 2.24) is 4.57 Å². The monoisotopic (exact) mass is 302 g/mol. The molecule has 1 heterocycles. The first-order valence-corrected chi connectivity index (χ1v) is 7.38. The van der Waals surface area contributed by atoms with Crippen molar-refractivity contribution >= 4 is 22.7 Å². The van der Waals surface area contributed by atoms with E-state index in [1.165, 1.54) is 0 Å². The van der Waals surface area contributed by atoms with E-state index in [-0.39, 0.29) is 23.6 Å². The second-order valence-electron chi connectivity index (χ2n) is 4.83. The Morgan fingerprint density at radius 2 is 2.05 bits per heavy atom. The van der Waals surface area contributed by atoms with E-state index < -0.39 is 5.51 Å². The lowest BCUT2D eigenvalue weighted by atomic mass is 10.0. The first kappa shape index (κ1) is 15.3. The number of halogens is 3. The molecule has 6 heteroatoms. The van der Waals surface area contributed by atoms with E-state index in [4.69, 9.17) is 5.73 Å². The molecule has 0 aliphatic rings. The van der Waals surface area contributed by atoms with Crippen molar-refractivity contribution in [2.45, 2.75) is 31.4 Å². The molecule has 1 atom stereocenters. The molecule has 0 spiro atoms. The second-order valence-corrected chi connectivity index (χ2v) is 5.99. The maximum absolute atomic E-state index is 12.1. The Bertz CT molecular complexity index is 575. The topological polar surface area (TPSA) is 30.9 Å². The van der Waals surface area contributed by atoms with Crippen LogP contribution in [0.15, 0.2) is 30.5 Å². The zero-order valence-corrected chi connectivity index (χ0v) is 12.0. The average molecular weight is 302 g/mol. The number of fused-ring (bicyclic) bond motifs is 1. The van der Waals surface area contributed by atoms with Gasteiger partial charge in [-0.05, 0) is 42.8 Å². The first-order valence-electron chi connectivity index (χ1n) is 6.40. The van der Waals surface area contributed by atoms with Crippen molar-refractivity contribution in [3.8, 4) is 0 Å². The number of nitrogens with zero attached hydrogens (tertiary/aromatic N) is 1. The standard InChI is InChI=1S/C14H17F3N2S/c1-10(18)9-11-3-2-4-13-12(11)5-6-19(13)7-8-20-14(15,16)17/h2-6,10H,7-9,18H2,1H3. The number of rotatable bonds is 5. The molecule has 0 aliphatic heterocycles. The van der Waals surface area contributed by atoms with E-state index >= 15 is 0 Å². The third-order valence-electron chi connectivity index (χ3n) is 3.04. The Balaban J connectivity index is 2.16. The number of nitrogens with two attached hydrogens (primary N) is 1. The normalized spacial score (nSPS) is 13.8. The molecular weight excluding hydrogens is 285 g/mol. The van der Waals surface area contributed by atoms with Crippen LogP contribution in [0, 0.1) is 0 Å². The largest absolute Gasteiger partial charge is 0.441 e. The lowest BCUT2D eigenvalue weighted by Gasteiger charge is -2.09. The molecule has 0 saturated heterocycles. The van der Waals surface area contributed by atoms with Gasteiger partial charge < -0.3 is 10.3 Å². The summed E-state index contributed by atoms with van der Waals surface area (Å²) < 4.78 is 38.3. The van der Waals surface area contributed by atoms with Gasteiger partial charge in [-0.15, -0.1) is 0 Å². The van der Waals surface area contributed by atoms with Crippen molar-refractivity contribution in [2.75, 3.05) is 5.75 Å². The van der Waals surface area contributed by atoms with Crippen molar-refractivity contribution < 1.29 is 13.2 Å². The summed E-state index contributed by atoms with van der Waals surface area (Å²) in [5, 5.41) is 1.07. The van der Waals surface area contributed by atoms with Crippen molar-refractivity contribution in [3.05, 3.63) is 36.0 Å². The first-order chi connectivity index (χ1) is 9.37. The van der Waals surface area contributed by atoms with Crippen LogP contribution in [0.2, 0.25) is 0 Å². The summed E-state index contributed by atoms with van der Waals surface area (Å²) in [6.45, 7) is 2.28. The van der Waals surface area contributed by atoms with Gasteiger partial charge in [-0.2, -0.15) is 13.2 Å². The van der Waals surface area contributed by atoms with E-state index in [2.05, 4.69) is 0 Å². The predicted octanol–water partition coefficient (Wildman–Crippen LogP) is 3.78. The van der Waals surface area contributed by atoms with Gasteiger partial charge in [0.05, 0.1) is 0 Å². The molecule has 0 bridgehead atoms. The molecule has 20 heavy (non-hydrogen) atoms. The summed E-state index contributed by atoms with van der Waals surface area (Å²) in [4.78, 5) is 0. The number of hydrogen-bond donors (Lipinski definition) is 1. The lowest BCUT2D eigenvalue weighted by Crippen LogP contribution is -2.17. The predicted molar refractivity (Wildman–Crippen MR) is 77.8 cm³/mol. The highest BCUT2D eigenvalue weighted by atomic mass is 32.2. The minimum Gasteiger partial charge on any atom is -0.347 e. The van der Waals surface area contributed by atoms with Crippen LogP contribution < -0.4 is 5.73 Å². The van der Waals surface area contributed by atoms with Crippen LogP contribution in [-0.2, 0) is 13.0 Å². The van der Waals surface area contributed by atoms with Crippen molar-refractivity contribution in [2.24, 2.45) is 5.73 Å². The number of alkyl halides is 3. The maximum Gasteiger partial charge on any atom is 0.441 e. The Hall–Kier alpha value is -1.14. The zero-order valence-electron chi connectivity index (χ0n) is 11.2. The summed E-state index contributed by atoms with van der Waals surface area (Å²) >= 11 is 0.0144. The highest BCUT2D eigenvalue weighted by Crippen LogP contribution is 2.30. The van der Waals surface area contributed by atoms with Crippen molar-refractivity contribution in [1.29, 1.82) is 0 Å². The van der Waals surface area contributed by atoms with Crippen molar-refractivity contribution in [3.63, 3.8) is 0 Å². The number of thioether (sulfide) groups is 1. The van der Waals surface area contributed by atoms with Crippen LogP contribution in [0.1, 0.15) is 12.5 Å². The Kier molecular flexibility index (Phi) is 4.65. The van der Waals surface area contributed by atoms with Gasteiger partial charge in [-0.25, -0.2) is 0 Å². The van der Waals surface area contributed by atoms with E-state index in [0.717, 1.165) is 22.9 Å². The van der Waals surface area contributed by atoms with E-state index in [1.807, 2.05) is 42.0 Å². The smallest absolute Gasteiger partial charge is 0.347 e. The molecule has 0 fully saturated rings. The molecular formula is C14H17F3N2S. The van der Waals surface area contributed by atoms with Gasteiger partial charge >= 0.3 is 5.51 Å². The molecule has 1 aromatic carbocycles. The minimum absolute atomic E-state index is 0.0144. The molecule has 2 nitrogen and oxygen atoms in total. The van der Waals surface area contributed by atoms with Gasteiger partial charge in [0, 0.05) is 35.4 Å². The fourth-order valence-electron chi connectivity index (χ4n) is 2.27. The summed E-state index contributed by atoms with van der Waals surface area (Å²) in [5.74, 6) is 0.0187. The lowest BCUT2D eigenvalue weighted by molar-refractivity contribution is -0.0328. The molecule has 0 amide bonds. The summed E-state index contributed by atoms with van der Waals surface area (Å²) in [6, 6.07) is 7.88. The van der Waals surface area contributed by atoms with Gasteiger partial charge in [-0.1, -0.05) is 12.1 Å². The molecule has 0 saturated carbocycles. The quantitative estimate of drug-likeness (QED) is 0.911. The number of aromatic nitrogens is 1. The second kappa shape index (κ2) is 6.10. The molecule has 2 rings (SSSR count). The van der Waals surface area contributed by atoms with Gasteiger partial charge in [0.15, 0.2) is 0 Å². The fraction of sp³-hybridized carbons (Fsp3) is 0.429. The van der Waals surface area contributed by atoms with E-state index in [1.54, 1.807) is 0 Å². The summed E-state index contributed by atoms with van der Waals surface area (Å²) in [5.41, 5.74) is 3.75. The summed E-state index contributed by atoms with van der Waals surface area (Å²) in [6.07, 6.45) is 2.60. The Labute approximate surface area is 120 Å². The molecule has 0 radical (unpaired) electrons. The van der Waals surface area contributed by atoms with Gasteiger partial charge in [0.2, 0.25) is 0 Å². The van der Waals surface area contributed by atoms with E-state index in [0.29, 0.717) is 6.54 Å². The van der Waals surface area contributed by atoms with Crippen LogP contribution in [0.25, 0.3) is 10.9 Å². The molecule has 2 aromatic rings. The summed E-state index contributed by atoms with van der Waals surface area (Å²) in [7, 11) is 0. The van der Waals surface area contributed by atoms with Crippen LogP contribution in [-0.4, -0.2) is 21.9 Å².